The van der Waals surface area contributed by atoms with Crippen molar-refractivity contribution in [1.29, 1.82) is 0 Å². The monoisotopic (exact) mass is 368 g/mol. The van der Waals surface area contributed by atoms with Crippen LogP contribution in [0.3, 0.4) is 0 Å². The molecule has 0 radical (unpaired) electrons. The standard InChI is InChI=1S/C18H25FN2O3S/c1-11(12-7-8-17(14(19)9-12)25(2,23)24)20-18(22)16-10-13-5-3-4-6-15(13)21-16/h7-9,11,13,15-16,21H,3-6,10H2,1-2H3,(H,20,22). The number of carbonyl (C=O) groups excluding carboxylic acids is 1. The average Bonchev–Trinajstić information content (AvgIpc) is 2.97. The van der Waals surface area contributed by atoms with Gasteiger partial charge in [0.25, 0.3) is 0 Å². The van der Waals surface area contributed by atoms with Crippen LogP contribution in [0.15, 0.2) is 23.1 Å². The highest BCUT2D eigenvalue weighted by Gasteiger charge is 2.38. The summed E-state index contributed by atoms with van der Waals surface area (Å²) in [4.78, 5) is 12.2. The minimum atomic E-state index is -3.60. The van der Waals surface area contributed by atoms with Crippen molar-refractivity contribution < 1.29 is 17.6 Å². The van der Waals surface area contributed by atoms with Gasteiger partial charge in [-0.05, 0) is 49.8 Å². The highest BCUT2D eigenvalue weighted by molar-refractivity contribution is 7.90. The van der Waals surface area contributed by atoms with Crippen LogP contribution >= 0.6 is 0 Å². The van der Waals surface area contributed by atoms with E-state index in [2.05, 4.69) is 10.6 Å². The summed E-state index contributed by atoms with van der Waals surface area (Å²) in [5.74, 6) is -0.285. The minimum absolute atomic E-state index is 0.0745. The molecule has 138 valence electrons. The van der Waals surface area contributed by atoms with Crippen molar-refractivity contribution in [2.45, 2.75) is 62.0 Å². The Morgan fingerprint density at radius 1 is 1.32 bits per heavy atom. The van der Waals surface area contributed by atoms with E-state index in [0.29, 0.717) is 17.5 Å². The molecule has 4 atom stereocenters. The second-order valence-corrected chi connectivity index (χ2v) is 9.28. The van der Waals surface area contributed by atoms with Crippen LogP contribution in [0.1, 0.15) is 50.6 Å². The van der Waals surface area contributed by atoms with Gasteiger partial charge in [-0.25, -0.2) is 12.8 Å². The van der Waals surface area contributed by atoms with Crippen molar-refractivity contribution in [3.05, 3.63) is 29.6 Å². The number of fused-ring (bicyclic) bond motifs is 1. The fourth-order valence-electron chi connectivity index (χ4n) is 4.01. The lowest BCUT2D eigenvalue weighted by Crippen LogP contribution is -2.43. The fraction of sp³-hybridized carbons (Fsp3) is 0.611. The SMILES string of the molecule is CC(NC(=O)C1CC2CCCCC2N1)c1ccc(S(C)(=O)=O)c(F)c1. The molecule has 0 aromatic heterocycles. The normalized spacial score (nSPS) is 27.6. The van der Waals surface area contributed by atoms with Crippen LogP contribution in [-0.4, -0.2) is 32.7 Å². The molecule has 1 aromatic rings. The topological polar surface area (TPSA) is 75.3 Å². The van der Waals surface area contributed by atoms with Gasteiger partial charge in [-0.15, -0.1) is 0 Å². The maximum absolute atomic E-state index is 14.0. The molecule has 7 heteroatoms. The van der Waals surface area contributed by atoms with Crippen LogP contribution < -0.4 is 10.6 Å². The summed E-state index contributed by atoms with van der Waals surface area (Å²) < 4.78 is 37.0. The van der Waals surface area contributed by atoms with Gasteiger partial charge in [0.05, 0.1) is 12.1 Å². The number of hydrogen-bond acceptors (Lipinski definition) is 4. The lowest BCUT2D eigenvalue weighted by atomic mass is 9.85. The van der Waals surface area contributed by atoms with Crippen molar-refractivity contribution in [2.24, 2.45) is 5.92 Å². The third kappa shape index (κ3) is 4.03. The summed E-state index contributed by atoms with van der Waals surface area (Å²) in [6.07, 6.45) is 6.58. The first-order valence-electron chi connectivity index (χ1n) is 8.81. The van der Waals surface area contributed by atoms with Crippen LogP contribution in [0.4, 0.5) is 4.39 Å². The Kier molecular flexibility index (Phi) is 5.16. The zero-order valence-electron chi connectivity index (χ0n) is 14.6. The molecule has 1 saturated heterocycles. The average molecular weight is 368 g/mol. The maximum Gasteiger partial charge on any atom is 0.237 e. The zero-order valence-corrected chi connectivity index (χ0v) is 15.4. The number of nitrogens with one attached hydrogen (secondary N) is 2. The Bertz CT molecular complexity index is 752. The third-order valence-corrected chi connectivity index (χ3v) is 6.52. The summed E-state index contributed by atoms with van der Waals surface area (Å²) in [6, 6.07) is 3.84. The van der Waals surface area contributed by atoms with E-state index in [1.165, 1.54) is 31.4 Å². The van der Waals surface area contributed by atoms with Crippen molar-refractivity contribution in [3.63, 3.8) is 0 Å². The summed E-state index contributed by atoms with van der Waals surface area (Å²) in [5.41, 5.74) is 0.550. The Labute approximate surface area is 148 Å². The van der Waals surface area contributed by atoms with Crippen molar-refractivity contribution in [3.8, 4) is 0 Å². The highest BCUT2D eigenvalue weighted by Crippen LogP contribution is 2.33. The smallest absolute Gasteiger partial charge is 0.237 e. The van der Waals surface area contributed by atoms with Gasteiger partial charge in [-0.2, -0.15) is 0 Å². The number of hydrogen-bond donors (Lipinski definition) is 2. The summed E-state index contributed by atoms with van der Waals surface area (Å²) >= 11 is 0. The Hall–Kier alpha value is -1.47. The molecule has 1 aliphatic heterocycles. The van der Waals surface area contributed by atoms with Gasteiger partial charge in [-0.1, -0.05) is 18.9 Å². The largest absolute Gasteiger partial charge is 0.348 e. The van der Waals surface area contributed by atoms with E-state index in [1.54, 1.807) is 13.0 Å². The van der Waals surface area contributed by atoms with Gasteiger partial charge in [0, 0.05) is 12.3 Å². The number of carbonyl (C=O) groups is 1. The predicted octanol–water partition coefficient (Wildman–Crippen LogP) is 2.33. The first kappa shape index (κ1) is 18.3. The minimum Gasteiger partial charge on any atom is -0.348 e. The van der Waals surface area contributed by atoms with Crippen molar-refractivity contribution in [2.75, 3.05) is 6.26 Å². The zero-order chi connectivity index (χ0) is 18.2. The van der Waals surface area contributed by atoms with E-state index in [9.17, 15) is 17.6 Å². The molecule has 25 heavy (non-hydrogen) atoms. The van der Waals surface area contributed by atoms with E-state index in [4.69, 9.17) is 0 Å². The Balaban J connectivity index is 1.65. The van der Waals surface area contributed by atoms with Crippen LogP contribution in [0.25, 0.3) is 0 Å². The van der Waals surface area contributed by atoms with Gasteiger partial charge in [0.1, 0.15) is 10.7 Å². The molecule has 5 nitrogen and oxygen atoms in total. The molecule has 1 aliphatic carbocycles. The Morgan fingerprint density at radius 2 is 2.04 bits per heavy atom. The van der Waals surface area contributed by atoms with Crippen molar-refractivity contribution >= 4 is 15.7 Å². The van der Waals surface area contributed by atoms with Crippen molar-refractivity contribution in [1.82, 2.24) is 10.6 Å². The highest BCUT2D eigenvalue weighted by atomic mass is 32.2. The number of amides is 1. The number of halogens is 1. The summed E-state index contributed by atoms with van der Waals surface area (Å²) in [5, 5.41) is 6.34. The van der Waals surface area contributed by atoms with E-state index in [0.717, 1.165) is 19.1 Å². The fourth-order valence-corrected chi connectivity index (χ4v) is 4.73. The van der Waals surface area contributed by atoms with E-state index < -0.39 is 15.7 Å². The molecular weight excluding hydrogens is 343 g/mol. The quantitative estimate of drug-likeness (QED) is 0.855. The molecular formula is C18H25FN2O3S. The summed E-state index contributed by atoms with van der Waals surface area (Å²) in [6.45, 7) is 1.77. The van der Waals surface area contributed by atoms with E-state index in [1.807, 2.05) is 0 Å². The van der Waals surface area contributed by atoms with Gasteiger partial charge in [0.15, 0.2) is 9.84 Å². The molecule has 1 aromatic carbocycles. The predicted molar refractivity (Wildman–Crippen MR) is 93.4 cm³/mol. The second-order valence-electron chi connectivity index (χ2n) is 7.30. The van der Waals surface area contributed by atoms with Gasteiger partial charge in [-0.3, -0.25) is 4.79 Å². The molecule has 1 amide bonds. The van der Waals surface area contributed by atoms with Crippen LogP contribution in [0, 0.1) is 11.7 Å². The molecule has 0 bridgehead atoms. The molecule has 2 aliphatic rings. The lowest BCUT2D eigenvalue weighted by Gasteiger charge is -2.24. The van der Waals surface area contributed by atoms with Crippen LogP contribution in [-0.2, 0) is 14.6 Å². The third-order valence-electron chi connectivity index (χ3n) is 5.39. The molecule has 2 N–H and O–H groups in total. The summed E-state index contributed by atoms with van der Waals surface area (Å²) in [7, 11) is -3.60. The molecule has 4 unspecified atom stereocenters. The van der Waals surface area contributed by atoms with E-state index >= 15 is 0 Å². The Morgan fingerprint density at radius 3 is 2.68 bits per heavy atom. The van der Waals surface area contributed by atoms with E-state index in [-0.39, 0.29) is 22.9 Å². The van der Waals surface area contributed by atoms with Gasteiger partial charge in [0.2, 0.25) is 5.91 Å². The number of benzene rings is 1. The number of rotatable bonds is 4. The second kappa shape index (κ2) is 7.03. The van der Waals surface area contributed by atoms with Crippen LogP contribution in [0.2, 0.25) is 0 Å². The number of sulfone groups is 1. The van der Waals surface area contributed by atoms with Gasteiger partial charge >= 0.3 is 0 Å². The lowest BCUT2D eigenvalue weighted by molar-refractivity contribution is -0.123. The van der Waals surface area contributed by atoms with Gasteiger partial charge < -0.3 is 10.6 Å². The first-order chi connectivity index (χ1) is 11.8. The molecule has 0 spiro atoms. The molecule has 1 saturated carbocycles. The molecule has 3 rings (SSSR count). The molecule has 1 heterocycles. The molecule has 2 fully saturated rings. The first-order valence-corrected chi connectivity index (χ1v) is 10.7. The maximum atomic E-state index is 14.0. The van der Waals surface area contributed by atoms with Crippen LogP contribution in [0.5, 0.6) is 0 Å².